The van der Waals surface area contributed by atoms with Gasteiger partial charge in [-0.3, -0.25) is 14.5 Å². The van der Waals surface area contributed by atoms with Crippen LogP contribution in [0.2, 0.25) is 0 Å². The van der Waals surface area contributed by atoms with Crippen LogP contribution >= 0.6 is 12.2 Å². The lowest BCUT2D eigenvalue weighted by molar-refractivity contribution is -0.808. The van der Waals surface area contributed by atoms with E-state index in [0.717, 1.165) is 24.1 Å². The molecule has 0 fully saturated rings. The van der Waals surface area contributed by atoms with Gasteiger partial charge >= 0.3 is 0 Å². The lowest BCUT2D eigenvalue weighted by Crippen LogP contribution is -3.03. The summed E-state index contributed by atoms with van der Waals surface area (Å²) in [5.41, 5.74) is 5.12. The van der Waals surface area contributed by atoms with Gasteiger partial charge in [0, 0.05) is 17.2 Å². The van der Waals surface area contributed by atoms with Gasteiger partial charge in [-0.25, -0.2) is 0 Å². The summed E-state index contributed by atoms with van der Waals surface area (Å²) < 4.78 is 2.26. The summed E-state index contributed by atoms with van der Waals surface area (Å²) >= 11 is 5.50. The molecule has 0 saturated carbocycles. The zero-order valence-electron chi connectivity index (χ0n) is 17.4. The molecule has 3 N–H and O–H groups in total. The number of aromatic nitrogens is 3. The van der Waals surface area contributed by atoms with Crippen LogP contribution in [0, 0.1) is 11.7 Å². The van der Waals surface area contributed by atoms with Crippen molar-refractivity contribution < 1.29 is 14.8 Å². The third-order valence-corrected chi connectivity index (χ3v) is 5.61. The number of benzene rings is 2. The molecule has 0 saturated heterocycles. The predicted molar refractivity (Wildman–Crippen MR) is 117 cm³/mol. The number of aromatic amines is 1. The van der Waals surface area contributed by atoms with Gasteiger partial charge in [0.15, 0.2) is 10.6 Å². The van der Waals surface area contributed by atoms with Gasteiger partial charge in [0.2, 0.25) is 0 Å². The van der Waals surface area contributed by atoms with Crippen LogP contribution < -0.4 is 4.90 Å². The molecule has 0 spiro atoms. The summed E-state index contributed by atoms with van der Waals surface area (Å²) in [5.74, 6) is 0.629. The molecule has 152 valence electrons. The fraction of sp³-hybridized carbons (Fsp3) is 0.318. The summed E-state index contributed by atoms with van der Waals surface area (Å²) in [5, 5.41) is 17.9. The number of quaternary nitrogens is 1. The maximum Gasteiger partial charge on any atom is 0.200 e. The van der Waals surface area contributed by atoms with Gasteiger partial charge in [0.25, 0.3) is 0 Å². The van der Waals surface area contributed by atoms with Crippen LogP contribution in [0.4, 0.5) is 5.69 Å². The Bertz CT molecular complexity index is 1110. The van der Waals surface area contributed by atoms with E-state index in [1.165, 1.54) is 22.2 Å². The maximum atomic E-state index is 11.4. The van der Waals surface area contributed by atoms with Gasteiger partial charge < -0.3 is 10.0 Å². The highest BCUT2D eigenvalue weighted by atomic mass is 32.1. The Morgan fingerprint density at radius 3 is 2.66 bits per heavy atom. The minimum absolute atomic E-state index is 0.00427. The van der Waals surface area contributed by atoms with E-state index >= 15 is 0 Å². The monoisotopic (exact) mass is 411 g/mol. The summed E-state index contributed by atoms with van der Waals surface area (Å²) in [6, 6.07) is 9.48. The molecule has 0 aliphatic carbocycles. The van der Waals surface area contributed by atoms with Gasteiger partial charge in [-0.2, -0.15) is 5.10 Å². The fourth-order valence-corrected chi connectivity index (χ4v) is 3.76. The molecule has 0 aliphatic rings. The number of nitrogens with zero attached hydrogens (tertiary/aromatic N) is 2. The van der Waals surface area contributed by atoms with Crippen LogP contribution in [0.5, 0.6) is 5.75 Å². The number of hydrogen-bond donors (Lipinski definition) is 3. The number of nitrogens with one attached hydrogen (secondary N) is 2. The van der Waals surface area contributed by atoms with Gasteiger partial charge in [0.05, 0.1) is 24.8 Å². The van der Waals surface area contributed by atoms with Gasteiger partial charge in [0.1, 0.15) is 17.7 Å². The van der Waals surface area contributed by atoms with Crippen molar-refractivity contribution in [2.75, 3.05) is 13.6 Å². The van der Waals surface area contributed by atoms with Crippen molar-refractivity contribution in [2.45, 2.75) is 33.6 Å². The third-order valence-electron chi connectivity index (χ3n) is 5.33. The number of hydrogen-bond acceptors (Lipinski definition) is 4. The molecule has 1 atom stereocenters. The number of H-pyrrole nitrogens is 1. The van der Waals surface area contributed by atoms with Crippen molar-refractivity contribution in [2.24, 2.45) is 0 Å². The highest BCUT2D eigenvalue weighted by molar-refractivity contribution is 7.71. The first-order valence-electron chi connectivity index (χ1n) is 9.72. The molecule has 2 aromatic carbocycles. The maximum absolute atomic E-state index is 11.4. The quantitative estimate of drug-likeness (QED) is 0.427. The summed E-state index contributed by atoms with van der Waals surface area (Å²) in [6.07, 6.45) is 0.769. The second-order valence-corrected chi connectivity index (χ2v) is 7.98. The molecular formula is C22H27N4O2S+. The van der Waals surface area contributed by atoms with Gasteiger partial charge in [-0.1, -0.05) is 19.9 Å². The van der Waals surface area contributed by atoms with E-state index < -0.39 is 0 Å². The van der Waals surface area contributed by atoms with Crippen LogP contribution in [-0.4, -0.2) is 39.7 Å². The molecule has 0 amide bonds. The standard InChI is InChI=1S/C22H26N4O2S/c1-6-25(5)19-10-16(8-7-14(19)4)26-21(23-24-22(26)29)18-11-17(13(2)3)15(12-27)9-20(18)28/h7-13,28H,6H2,1-5H3,(H,24,29)/p+1. The fourth-order valence-electron chi connectivity index (χ4n) is 3.52. The van der Waals surface area contributed by atoms with Crippen LogP contribution in [0.25, 0.3) is 17.1 Å². The lowest BCUT2D eigenvalue weighted by atomic mass is 9.94. The smallest absolute Gasteiger partial charge is 0.200 e. The first-order valence-corrected chi connectivity index (χ1v) is 10.1. The number of phenols is 1. The molecule has 3 aromatic rings. The largest absolute Gasteiger partial charge is 0.507 e. The number of aromatic hydroxyl groups is 1. The Morgan fingerprint density at radius 2 is 2.03 bits per heavy atom. The normalized spacial score (nSPS) is 12.3. The molecule has 1 aromatic heterocycles. The van der Waals surface area contributed by atoms with E-state index in [-0.39, 0.29) is 11.7 Å². The lowest BCUT2D eigenvalue weighted by Gasteiger charge is -2.17. The minimum Gasteiger partial charge on any atom is -0.507 e. The van der Waals surface area contributed by atoms with Crippen LogP contribution in [-0.2, 0) is 0 Å². The summed E-state index contributed by atoms with van der Waals surface area (Å²) in [7, 11) is 2.13. The summed E-state index contributed by atoms with van der Waals surface area (Å²) in [4.78, 5) is 12.7. The minimum atomic E-state index is -0.00427. The zero-order valence-corrected chi connectivity index (χ0v) is 18.2. The van der Waals surface area contributed by atoms with Gasteiger partial charge in [-0.15, -0.1) is 0 Å². The Balaban J connectivity index is 2.24. The summed E-state index contributed by atoms with van der Waals surface area (Å²) in [6.45, 7) is 9.20. The molecule has 6 nitrogen and oxygen atoms in total. The molecule has 1 heterocycles. The molecule has 0 aliphatic heterocycles. The number of rotatable bonds is 6. The van der Waals surface area contributed by atoms with Crippen LogP contribution in [0.3, 0.4) is 0 Å². The number of carbonyl (C=O) groups excluding carboxylic acids is 1. The molecule has 1 unspecified atom stereocenters. The number of phenolic OH excluding ortho intramolecular Hbond substituents is 1. The first-order chi connectivity index (χ1) is 13.8. The van der Waals surface area contributed by atoms with E-state index in [1.807, 2.05) is 30.5 Å². The third kappa shape index (κ3) is 3.88. The molecule has 7 heteroatoms. The van der Waals surface area contributed by atoms with E-state index in [9.17, 15) is 9.90 Å². The number of aryl methyl sites for hydroxylation is 1. The Hall–Kier alpha value is -2.77. The van der Waals surface area contributed by atoms with Crippen molar-refractivity contribution in [3.63, 3.8) is 0 Å². The van der Waals surface area contributed by atoms with E-state index in [2.05, 4.69) is 43.2 Å². The molecule has 0 bridgehead atoms. The topological polar surface area (TPSA) is 75.3 Å². The zero-order chi connectivity index (χ0) is 21.3. The SMILES string of the molecule is CC[NH+](C)c1cc(-n2c(-c3cc(C(C)C)c(C=O)cc3O)n[nH]c2=S)ccc1C. The average Bonchev–Trinajstić information content (AvgIpc) is 3.08. The van der Waals surface area contributed by atoms with Crippen LogP contribution in [0.15, 0.2) is 30.3 Å². The second kappa shape index (κ2) is 8.31. The highest BCUT2D eigenvalue weighted by Crippen LogP contribution is 2.34. The molecule has 3 rings (SSSR count). The van der Waals surface area contributed by atoms with E-state index in [1.54, 1.807) is 0 Å². The Labute approximate surface area is 175 Å². The van der Waals surface area contributed by atoms with E-state index in [0.29, 0.717) is 21.7 Å². The molecule has 0 radical (unpaired) electrons. The predicted octanol–water partition coefficient (Wildman–Crippen LogP) is 3.71. The van der Waals surface area contributed by atoms with Crippen molar-refractivity contribution >= 4 is 24.2 Å². The van der Waals surface area contributed by atoms with Crippen molar-refractivity contribution in [3.05, 3.63) is 51.8 Å². The van der Waals surface area contributed by atoms with Crippen molar-refractivity contribution in [3.8, 4) is 22.8 Å². The second-order valence-electron chi connectivity index (χ2n) is 7.59. The van der Waals surface area contributed by atoms with Crippen molar-refractivity contribution in [1.29, 1.82) is 0 Å². The number of aldehydes is 1. The Kier molecular flexibility index (Phi) is 6.00. The van der Waals surface area contributed by atoms with Gasteiger partial charge in [-0.05, 0) is 55.7 Å². The highest BCUT2D eigenvalue weighted by Gasteiger charge is 2.20. The average molecular weight is 412 g/mol. The van der Waals surface area contributed by atoms with Crippen molar-refractivity contribution in [1.82, 2.24) is 14.8 Å². The van der Waals surface area contributed by atoms with Crippen LogP contribution in [0.1, 0.15) is 48.2 Å². The molecular weight excluding hydrogens is 384 g/mol. The Morgan fingerprint density at radius 1 is 1.31 bits per heavy atom. The molecule has 29 heavy (non-hydrogen) atoms. The first kappa shape index (κ1) is 21.0. The number of carbonyl (C=O) groups is 1. The van der Waals surface area contributed by atoms with E-state index in [4.69, 9.17) is 12.2 Å².